The van der Waals surface area contributed by atoms with Crippen LogP contribution >= 0.6 is 11.8 Å². The number of amides is 1. The van der Waals surface area contributed by atoms with E-state index in [1.165, 1.54) is 5.56 Å². The summed E-state index contributed by atoms with van der Waals surface area (Å²) in [7, 11) is 0. The van der Waals surface area contributed by atoms with E-state index in [0.717, 1.165) is 29.5 Å². The van der Waals surface area contributed by atoms with Crippen molar-refractivity contribution in [2.24, 2.45) is 0 Å². The van der Waals surface area contributed by atoms with Gasteiger partial charge in [-0.15, -0.1) is 0 Å². The van der Waals surface area contributed by atoms with Crippen LogP contribution in [0.5, 0.6) is 11.5 Å². The third-order valence-electron chi connectivity index (χ3n) is 3.97. The van der Waals surface area contributed by atoms with Gasteiger partial charge in [0.15, 0.2) is 0 Å². The van der Waals surface area contributed by atoms with Crippen LogP contribution in [0.4, 0.5) is 10.5 Å². The van der Waals surface area contributed by atoms with Crippen LogP contribution in [0.15, 0.2) is 36.4 Å². The van der Waals surface area contributed by atoms with Crippen LogP contribution in [0, 0.1) is 6.92 Å². The van der Waals surface area contributed by atoms with Crippen LogP contribution in [0.1, 0.15) is 30.5 Å². The summed E-state index contributed by atoms with van der Waals surface area (Å²) in [5, 5.41) is 10.4. The number of carbonyl (C=O) groups is 1. The lowest BCUT2D eigenvalue weighted by atomic mass is 10.1. The Hall–Kier alpha value is -2.18. The van der Waals surface area contributed by atoms with E-state index in [2.05, 4.69) is 13.0 Å². The standard InChI is InChI=1S/C20H25NO4S/c1-5-15-7-10-19(14(3)11-15)25-13-16-12-17(24-6-2)8-9-18(16)21(23)20(22)26-4/h7-12,23H,5-6,13H2,1-4H3. The van der Waals surface area contributed by atoms with E-state index in [1.807, 2.05) is 26.0 Å². The molecule has 0 aliphatic carbocycles. The van der Waals surface area contributed by atoms with Gasteiger partial charge in [-0.2, -0.15) is 5.06 Å². The fourth-order valence-corrected chi connectivity index (χ4v) is 2.85. The van der Waals surface area contributed by atoms with E-state index in [4.69, 9.17) is 9.47 Å². The lowest BCUT2D eigenvalue weighted by Crippen LogP contribution is -2.24. The molecule has 140 valence electrons. The number of carbonyl (C=O) groups excluding carboxylic acids is 1. The molecule has 1 amide bonds. The van der Waals surface area contributed by atoms with E-state index in [-0.39, 0.29) is 6.61 Å². The van der Waals surface area contributed by atoms with Crippen molar-refractivity contribution in [1.29, 1.82) is 0 Å². The predicted molar refractivity (Wildman–Crippen MR) is 106 cm³/mol. The molecule has 6 heteroatoms. The molecule has 0 atom stereocenters. The highest BCUT2D eigenvalue weighted by molar-refractivity contribution is 8.13. The molecule has 2 aromatic carbocycles. The second kappa shape index (κ2) is 9.50. The molecule has 0 aromatic heterocycles. The molecule has 2 aromatic rings. The average Bonchev–Trinajstić information content (AvgIpc) is 2.66. The number of aryl methyl sites for hydroxylation is 2. The Morgan fingerprint density at radius 3 is 2.54 bits per heavy atom. The highest BCUT2D eigenvalue weighted by Gasteiger charge is 2.17. The van der Waals surface area contributed by atoms with Crippen LogP contribution < -0.4 is 14.5 Å². The molecule has 0 spiro atoms. The molecule has 0 aliphatic heterocycles. The molecule has 0 saturated carbocycles. The summed E-state index contributed by atoms with van der Waals surface area (Å²) in [6.45, 7) is 6.75. The number of ether oxygens (including phenoxy) is 2. The second-order valence-electron chi connectivity index (χ2n) is 5.75. The Balaban J connectivity index is 2.27. The maximum absolute atomic E-state index is 11.8. The van der Waals surface area contributed by atoms with Gasteiger partial charge in [0.2, 0.25) is 0 Å². The van der Waals surface area contributed by atoms with Gasteiger partial charge >= 0.3 is 5.24 Å². The zero-order chi connectivity index (χ0) is 19.1. The van der Waals surface area contributed by atoms with Gasteiger partial charge in [-0.25, -0.2) is 0 Å². The van der Waals surface area contributed by atoms with E-state index in [9.17, 15) is 10.0 Å². The monoisotopic (exact) mass is 375 g/mol. The molecule has 2 rings (SSSR count). The molecule has 0 saturated heterocycles. The molecule has 0 aliphatic rings. The van der Waals surface area contributed by atoms with E-state index in [1.54, 1.807) is 24.5 Å². The topological polar surface area (TPSA) is 59.0 Å². The van der Waals surface area contributed by atoms with Gasteiger partial charge in [0.1, 0.15) is 18.1 Å². The highest BCUT2D eigenvalue weighted by atomic mass is 32.2. The predicted octanol–water partition coefficient (Wildman–Crippen LogP) is 5.21. The minimum Gasteiger partial charge on any atom is -0.494 e. The van der Waals surface area contributed by atoms with Crippen molar-refractivity contribution in [3.05, 3.63) is 53.1 Å². The molecule has 0 unspecified atom stereocenters. The zero-order valence-corrected chi connectivity index (χ0v) is 16.4. The number of hydrogen-bond donors (Lipinski definition) is 1. The third-order valence-corrected chi connectivity index (χ3v) is 4.49. The van der Waals surface area contributed by atoms with Crippen LogP contribution in [-0.2, 0) is 13.0 Å². The van der Waals surface area contributed by atoms with Gasteiger partial charge < -0.3 is 9.47 Å². The van der Waals surface area contributed by atoms with E-state index >= 15 is 0 Å². The number of rotatable bonds is 7. The minimum atomic E-state index is -0.459. The third kappa shape index (κ3) is 4.93. The first-order valence-electron chi connectivity index (χ1n) is 8.55. The maximum atomic E-state index is 11.8. The smallest absolute Gasteiger partial charge is 0.309 e. The van der Waals surface area contributed by atoms with Crippen LogP contribution in [0.25, 0.3) is 0 Å². The average molecular weight is 375 g/mol. The Morgan fingerprint density at radius 1 is 1.15 bits per heavy atom. The zero-order valence-electron chi connectivity index (χ0n) is 15.6. The quantitative estimate of drug-likeness (QED) is 0.531. The Bertz CT molecular complexity index is 763. The summed E-state index contributed by atoms with van der Waals surface area (Å²) in [6, 6.07) is 11.2. The van der Waals surface area contributed by atoms with Crippen molar-refractivity contribution in [3.63, 3.8) is 0 Å². The molecule has 1 N–H and O–H groups in total. The van der Waals surface area contributed by atoms with Gasteiger partial charge in [0, 0.05) is 5.56 Å². The lowest BCUT2D eigenvalue weighted by Gasteiger charge is -2.19. The Kier molecular flexibility index (Phi) is 7.36. The fourth-order valence-electron chi connectivity index (χ4n) is 2.57. The van der Waals surface area contributed by atoms with Crippen molar-refractivity contribution in [1.82, 2.24) is 0 Å². The molecule has 0 heterocycles. The van der Waals surface area contributed by atoms with Crippen molar-refractivity contribution in [2.75, 3.05) is 17.9 Å². The first-order valence-corrected chi connectivity index (χ1v) is 9.77. The molecule has 0 fully saturated rings. The molecule has 0 bridgehead atoms. The molecule has 5 nitrogen and oxygen atoms in total. The van der Waals surface area contributed by atoms with E-state index in [0.29, 0.717) is 28.7 Å². The Morgan fingerprint density at radius 2 is 1.92 bits per heavy atom. The summed E-state index contributed by atoms with van der Waals surface area (Å²) in [5.41, 5.74) is 3.35. The van der Waals surface area contributed by atoms with Crippen LogP contribution in [0.2, 0.25) is 0 Å². The Labute approximate surface area is 158 Å². The van der Waals surface area contributed by atoms with Crippen molar-refractivity contribution < 1.29 is 19.5 Å². The van der Waals surface area contributed by atoms with Gasteiger partial charge in [-0.1, -0.05) is 30.8 Å². The number of hydroxylamine groups is 1. The number of thioether (sulfide) groups is 1. The fraction of sp³-hybridized carbons (Fsp3) is 0.350. The molecule has 26 heavy (non-hydrogen) atoms. The number of anilines is 1. The second-order valence-corrected chi connectivity index (χ2v) is 6.50. The maximum Gasteiger partial charge on any atom is 0.309 e. The van der Waals surface area contributed by atoms with Crippen molar-refractivity contribution in [3.8, 4) is 11.5 Å². The van der Waals surface area contributed by atoms with Crippen LogP contribution in [-0.4, -0.2) is 23.3 Å². The normalized spacial score (nSPS) is 10.5. The summed E-state index contributed by atoms with van der Waals surface area (Å²) < 4.78 is 11.5. The summed E-state index contributed by atoms with van der Waals surface area (Å²) >= 11 is 0.937. The summed E-state index contributed by atoms with van der Waals surface area (Å²) in [4.78, 5) is 11.8. The van der Waals surface area contributed by atoms with Gasteiger partial charge in [-0.05, 0) is 61.9 Å². The van der Waals surface area contributed by atoms with Crippen molar-refractivity contribution >= 4 is 22.7 Å². The number of nitrogens with zero attached hydrogens (tertiary/aromatic N) is 1. The number of hydrogen-bond acceptors (Lipinski definition) is 5. The highest BCUT2D eigenvalue weighted by Crippen LogP contribution is 2.29. The number of benzene rings is 2. The summed E-state index contributed by atoms with van der Waals surface area (Å²) in [5.74, 6) is 1.44. The van der Waals surface area contributed by atoms with Crippen molar-refractivity contribution in [2.45, 2.75) is 33.8 Å². The first kappa shape index (κ1) is 20.1. The summed E-state index contributed by atoms with van der Waals surface area (Å²) in [6.07, 6.45) is 2.59. The SMILES string of the molecule is CCOc1ccc(N(O)C(=O)SC)c(COc2ccc(CC)cc2C)c1. The van der Waals surface area contributed by atoms with Gasteiger partial charge in [-0.3, -0.25) is 10.0 Å². The minimum absolute atomic E-state index is 0.210. The lowest BCUT2D eigenvalue weighted by molar-refractivity contribution is 0.223. The first-order chi connectivity index (χ1) is 12.5. The molecular weight excluding hydrogens is 350 g/mol. The van der Waals surface area contributed by atoms with Gasteiger partial charge in [0.05, 0.1) is 12.3 Å². The largest absolute Gasteiger partial charge is 0.494 e. The molecular formula is C20H25NO4S. The van der Waals surface area contributed by atoms with Crippen LogP contribution in [0.3, 0.4) is 0 Å². The molecule has 0 radical (unpaired) electrons. The van der Waals surface area contributed by atoms with E-state index < -0.39 is 5.24 Å². The van der Waals surface area contributed by atoms with Gasteiger partial charge in [0.25, 0.3) is 0 Å².